The summed E-state index contributed by atoms with van der Waals surface area (Å²) in [6, 6.07) is 4.10. The Bertz CT molecular complexity index is 729. The SMILES string of the molecule is O=C([O-])c1ccc(Br)c(NC(=O)[C@@H]2[C@@H](C(=O)[O-])[C@H]3C=C[C@@H]2C3)c1. The number of rotatable bonds is 4. The molecular weight excluding hydrogens is 366 g/mol. The molecule has 2 aliphatic rings. The molecule has 1 aromatic rings. The summed E-state index contributed by atoms with van der Waals surface area (Å²) in [6.45, 7) is 0. The summed E-state index contributed by atoms with van der Waals surface area (Å²) in [5, 5.41) is 24.9. The van der Waals surface area contributed by atoms with Gasteiger partial charge in [-0.25, -0.2) is 0 Å². The van der Waals surface area contributed by atoms with Crippen LogP contribution in [0.1, 0.15) is 16.8 Å². The normalized spacial score (nSPS) is 27.9. The van der Waals surface area contributed by atoms with Gasteiger partial charge in [-0.15, -0.1) is 0 Å². The molecule has 1 amide bonds. The fraction of sp³-hybridized carbons (Fsp3) is 0.312. The number of aliphatic carboxylic acids is 1. The topological polar surface area (TPSA) is 109 Å². The second-order valence-electron chi connectivity index (χ2n) is 5.79. The molecule has 3 rings (SSSR count). The molecule has 6 nitrogen and oxygen atoms in total. The Morgan fingerprint density at radius 1 is 1.09 bits per heavy atom. The number of nitrogens with one attached hydrogen (secondary N) is 1. The van der Waals surface area contributed by atoms with E-state index in [2.05, 4.69) is 21.2 Å². The van der Waals surface area contributed by atoms with E-state index in [1.807, 2.05) is 12.2 Å². The van der Waals surface area contributed by atoms with Gasteiger partial charge in [0.2, 0.25) is 5.91 Å². The van der Waals surface area contributed by atoms with Crippen LogP contribution in [0.3, 0.4) is 0 Å². The van der Waals surface area contributed by atoms with Crippen LogP contribution in [0.4, 0.5) is 5.69 Å². The van der Waals surface area contributed by atoms with Gasteiger partial charge in [-0.05, 0) is 51.9 Å². The van der Waals surface area contributed by atoms with Crippen LogP contribution >= 0.6 is 15.9 Å². The van der Waals surface area contributed by atoms with E-state index < -0.39 is 29.7 Å². The molecule has 7 heteroatoms. The first-order valence-electron chi connectivity index (χ1n) is 7.09. The molecule has 23 heavy (non-hydrogen) atoms. The van der Waals surface area contributed by atoms with Crippen molar-refractivity contribution in [2.45, 2.75) is 6.42 Å². The average Bonchev–Trinajstić information content (AvgIpc) is 3.09. The minimum atomic E-state index is -1.36. The lowest BCUT2D eigenvalue weighted by atomic mass is 9.82. The molecule has 0 heterocycles. The monoisotopic (exact) mass is 377 g/mol. The van der Waals surface area contributed by atoms with E-state index in [0.717, 1.165) is 0 Å². The molecule has 0 spiro atoms. The van der Waals surface area contributed by atoms with Crippen LogP contribution in [-0.2, 0) is 9.59 Å². The summed E-state index contributed by atoms with van der Waals surface area (Å²) in [5.41, 5.74) is 0.188. The molecule has 2 aliphatic carbocycles. The number of hydrogen-bond donors (Lipinski definition) is 1. The first-order chi connectivity index (χ1) is 10.9. The minimum absolute atomic E-state index is 0.0761. The molecule has 0 aliphatic heterocycles. The van der Waals surface area contributed by atoms with Crippen molar-refractivity contribution < 1.29 is 24.6 Å². The largest absolute Gasteiger partial charge is 0.550 e. The van der Waals surface area contributed by atoms with Crippen LogP contribution in [-0.4, -0.2) is 17.8 Å². The molecular formula is C16H12BrNO5-2. The van der Waals surface area contributed by atoms with E-state index in [4.69, 9.17) is 0 Å². The molecule has 0 saturated heterocycles. The van der Waals surface area contributed by atoms with Crippen LogP contribution in [0.2, 0.25) is 0 Å². The van der Waals surface area contributed by atoms with Gasteiger partial charge in [-0.1, -0.05) is 18.2 Å². The molecule has 1 aromatic carbocycles. The highest BCUT2D eigenvalue weighted by atomic mass is 79.9. The highest BCUT2D eigenvalue weighted by molar-refractivity contribution is 9.10. The van der Waals surface area contributed by atoms with Crippen molar-refractivity contribution in [1.29, 1.82) is 0 Å². The van der Waals surface area contributed by atoms with Crippen molar-refractivity contribution >= 4 is 39.5 Å². The molecule has 0 radical (unpaired) electrons. The van der Waals surface area contributed by atoms with Crippen LogP contribution in [0.5, 0.6) is 0 Å². The van der Waals surface area contributed by atoms with Gasteiger partial charge in [-0.2, -0.15) is 0 Å². The molecule has 0 unspecified atom stereocenters. The molecule has 4 atom stereocenters. The Kier molecular flexibility index (Phi) is 3.97. The van der Waals surface area contributed by atoms with E-state index in [-0.39, 0.29) is 23.1 Å². The summed E-state index contributed by atoms with van der Waals surface area (Å²) in [7, 11) is 0. The van der Waals surface area contributed by atoms with E-state index in [9.17, 15) is 24.6 Å². The quantitative estimate of drug-likeness (QED) is 0.739. The zero-order chi connectivity index (χ0) is 16.7. The predicted octanol–water partition coefficient (Wildman–Crippen LogP) is -0.0607. The minimum Gasteiger partial charge on any atom is -0.550 e. The van der Waals surface area contributed by atoms with E-state index >= 15 is 0 Å². The summed E-state index contributed by atoms with van der Waals surface area (Å²) >= 11 is 3.23. The summed E-state index contributed by atoms with van der Waals surface area (Å²) in [4.78, 5) is 34.8. The first-order valence-corrected chi connectivity index (χ1v) is 7.88. The van der Waals surface area contributed by atoms with Gasteiger partial charge in [0.25, 0.3) is 0 Å². The molecule has 1 saturated carbocycles. The maximum atomic E-state index is 12.5. The number of carbonyl (C=O) groups is 3. The van der Waals surface area contributed by atoms with Crippen molar-refractivity contribution in [3.63, 3.8) is 0 Å². The van der Waals surface area contributed by atoms with Crippen molar-refractivity contribution in [1.82, 2.24) is 0 Å². The van der Waals surface area contributed by atoms with Crippen molar-refractivity contribution in [2.75, 3.05) is 5.32 Å². The predicted molar refractivity (Wildman–Crippen MR) is 79.8 cm³/mol. The number of halogens is 1. The van der Waals surface area contributed by atoms with Gasteiger partial charge in [0.1, 0.15) is 0 Å². The van der Waals surface area contributed by atoms with Crippen molar-refractivity contribution in [3.8, 4) is 0 Å². The Morgan fingerprint density at radius 2 is 1.74 bits per heavy atom. The van der Waals surface area contributed by atoms with E-state index in [1.54, 1.807) is 0 Å². The maximum absolute atomic E-state index is 12.5. The fourth-order valence-electron chi connectivity index (χ4n) is 3.47. The van der Waals surface area contributed by atoms with Crippen LogP contribution < -0.4 is 15.5 Å². The third kappa shape index (κ3) is 2.76. The second-order valence-corrected chi connectivity index (χ2v) is 6.64. The Hall–Kier alpha value is -2.15. The number of amides is 1. The zero-order valence-corrected chi connectivity index (χ0v) is 13.4. The second kappa shape index (κ2) is 5.81. The van der Waals surface area contributed by atoms with E-state index in [1.165, 1.54) is 18.2 Å². The smallest absolute Gasteiger partial charge is 0.228 e. The third-order valence-electron chi connectivity index (χ3n) is 4.49. The number of allylic oxidation sites excluding steroid dienone is 2. The average molecular weight is 378 g/mol. The lowest BCUT2D eigenvalue weighted by Gasteiger charge is -2.28. The summed E-state index contributed by atoms with van der Waals surface area (Å²) in [6.07, 6.45) is 4.31. The Labute approximate surface area is 140 Å². The van der Waals surface area contributed by atoms with Gasteiger partial charge in [0.15, 0.2) is 0 Å². The highest BCUT2D eigenvalue weighted by Gasteiger charge is 2.48. The number of carbonyl (C=O) groups excluding carboxylic acids is 3. The fourth-order valence-corrected chi connectivity index (χ4v) is 3.81. The van der Waals surface area contributed by atoms with Crippen molar-refractivity contribution in [3.05, 3.63) is 40.4 Å². The Morgan fingerprint density at radius 3 is 2.35 bits per heavy atom. The van der Waals surface area contributed by atoms with Crippen LogP contribution in [0.15, 0.2) is 34.8 Å². The molecule has 2 bridgehead atoms. The lowest BCUT2D eigenvalue weighted by molar-refractivity contribution is -0.313. The maximum Gasteiger partial charge on any atom is 0.228 e. The Balaban J connectivity index is 1.85. The lowest BCUT2D eigenvalue weighted by Crippen LogP contribution is -2.42. The van der Waals surface area contributed by atoms with Gasteiger partial charge in [-0.3, -0.25) is 4.79 Å². The molecule has 120 valence electrons. The number of anilines is 1. The highest BCUT2D eigenvalue weighted by Crippen LogP contribution is 2.48. The third-order valence-corrected chi connectivity index (χ3v) is 5.19. The first kappa shape index (κ1) is 15.7. The van der Waals surface area contributed by atoms with Crippen LogP contribution in [0.25, 0.3) is 0 Å². The van der Waals surface area contributed by atoms with E-state index in [0.29, 0.717) is 10.9 Å². The number of carboxylic acids is 2. The standard InChI is InChI=1S/C16H14BrNO5/c17-10-4-3-9(15(20)21)6-11(10)18-14(19)12-7-1-2-8(5-7)13(12)16(22)23/h1-4,6-8,12-13H,5H2,(H,18,19)(H,20,21)(H,22,23)/p-2/t7-,8+,12+,13+/m1/s1. The van der Waals surface area contributed by atoms with Gasteiger partial charge >= 0.3 is 0 Å². The molecule has 0 aromatic heterocycles. The number of carboxylic acid groups (broad SMARTS) is 2. The molecule has 1 fully saturated rings. The summed E-state index contributed by atoms with van der Waals surface area (Å²) in [5.74, 6) is -4.92. The van der Waals surface area contributed by atoms with Crippen LogP contribution in [0, 0.1) is 23.7 Å². The van der Waals surface area contributed by atoms with Gasteiger partial charge in [0, 0.05) is 16.4 Å². The zero-order valence-electron chi connectivity index (χ0n) is 11.8. The molecule has 1 N–H and O–H groups in total. The van der Waals surface area contributed by atoms with Crippen molar-refractivity contribution in [2.24, 2.45) is 23.7 Å². The summed E-state index contributed by atoms with van der Waals surface area (Å²) < 4.78 is 0.500. The number of fused-ring (bicyclic) bond motifs is 2. The van der Waals surface area contributed by atoms with Gasteiger partial charge in [0.05, 0.1) is 17.6 Å². The number of hydrogen-bond acceptors (Lipinski definition) is 5. The number of aromatic carboxylic acids is 1. The van der Waals surface area contributed by atoms with Gasteiger partial charge < -0.3 is 25.1 Å². The number of benzene rings is 1.